The number of benzene rings is 1. The monoisotopic (exact) mass is 445 g/mol. The summed E-state index contributed by atoms with van der Waals surface area (Å²) < 4.78 is 42.1. The zero-order chi connectivity index (χ0) is 22.1. The van der Waals surface area contributed by atoms with Crippen molar-refractivity contribution < 1.29 is 27.8 Å². The molecule has 32 heavy (non-hydrogen) atoms. The van der Waals surface area contributed by atoms with Crippen LogP contribution in [0.2, 0.25) is 0 Å². The van der Waals surface area contributed by atoms with E-state index >= 15 is 0 Å². The summed E-state index contributed by atoms with van der Waals surface area (Å²) in [5, 5.41) is 7.14. The Hall–Kier alpha value is -3.31. The summed E-state index contributed by atoms with van der Waals surface area (Å²) in [6.07, 6.45) is 4.69. The first kappa shape index (κ1) is 20.6. The number of halogens is 2. The van der Waals surface area contributed by atoms with E-state index in [2.05, 4.69) is 25.0 Å². The van der Waals surface area contributed by atoms with Crippen LogP contribution in [-0.4, -0.2) is 66.1 Å². The molecule has 2 aliphatic rings. The van der Waals surface area contributed by atoms with Crippen molar-refractivity contribution in [3.63, 3.8) is 0 Å². The van der Waals surface area contributed by atoms with Crippen LogP contribution in [0.25, 0.3) is 5.65 Å². The van der Waals surface area contributed by atoms with Gasteiger partial charge in [0.05, 0.1) is 37.4 Å². The van der Waals surface area contributed by atoms with Crippen molar-refractivity contribution in [1.29, 1.82) is 0 Å². The number of hydrogen-bond acceptors (Lipinski definition) is 7. The SMILES string of the molecule is O=C(Nc1cc2c(cc1N1CCOCC1)OC(COC(F)F)C2)c1cnn2cccnc12. The smallest absolute Gasteiger partial charge is 0.345 e. The van der Waals surface area contributed by atoms with E-state index < -0.39 is 12.7 Å². The van der Waals surface area contributed by atoms with E-state index in [4.69, 9.17) is 9.47 Å². The second-order valence-electron chi connectivity index (χ2n) is 7.51. The maximum atomic E-state index is 13.1. The number of rotatable bonds is 6. The van der Waals surface area contributed by atoms with Crippen LogP contribution in [0.1, 0.15) is 15.9 Å². The third-order valence-corrected chi connectivity index (χ3v) is 5.45. The van der Waals surface area contributed by atoms with Crippen LogP contribution in [0.15, 0.2) is 36.8 Å². The predicted octanol–water partition coefficient (Wildman–Crippen LogP) is 2.36. The molecule has 1 aromatic carbocycles. The number of nitrogens with zero attached hydrogens (tertiary/aromatic N) is 4. The molecule has 1 fully saturated rings. The summed E-state index contributed by atoms with van der Waals surface area (Å²) in [6.45, 7) is -0.631. The summed E-state index contributed by atoms with van der Waals surface area (Å²) >= 11 is 0. The van der Waals surface area contributed by atoms with E-state index in [1.54, 1.807) is 18.5 Å². The van der Waals surface area contributed by atoms with Gasteiger partial charge in [0.2, 0.25) is 0 Å². The van der Waals surface area contributed by atoms with Gasteiger partial charge in [-0.05, 0) is 12.1 Å². The Kier molecular flexibility index (Phi) is 5.58. The van der Waals surface area contributed by atoms with Gasteiger partial charge in [-0.2, -0.15) is 13.9 Å². The van der Waals surface area contributed by atoms with E-state index in [0.717, 1.165) is 11.3 Å². The maximum Gasteiger partial charge on any atom is 0.345 e. The van der Waals surface area contributed by atoms with Crippen molar-refractivity contribution in [1.82, 2.24) is 14.6 Å². The number of anilines is 2. The molecule has 11 heteroatoms. The first-order valence-electron chi connectivity index (χ1n) is 10.2. The number of carbonyl (C=O) groups excluding carboxylic acids is 1. The number of amides is 1. The molecule has 4 heterocycles. The van der Waals surface area contributed by atoms with E-state index in [1.807, 2.05) is 12.1 Å². The summed E-state index contributed by atoms with van der Waals surface area (Å²) in [4.78, 5) is 19.4. The average molecular weight is 445 g/mol. The van der Waals surface area contributed by atoms with Crippen LogP contribution < -0.4 is 15.0 Å². The fourth-order valence-corrected chi connectivity index (χ4v) is 3.97. The first-order valence-corrected chi connectivity index (χ1v) is 10.2. The van der Waals surface area contributed by atoms with Crippen molar-refractivity contribution in [2.75, 3.05) is 43.1 Å². The van der Waals surface area contributed by atoms with Crippen molar-refractivity contribution in [2.45, 2.75) is 19.1 Å². The highest BCUT2D eigenvalue weighted by Gasteiger charge is 2.28. The Bertz CT molecular complexity index is 1130. The Morgan fingerprint density at radius 3 is 2.97 bits per heavy atom. The summed E-state index contributed by atoms with van der Waals surface area (Å²) in [6, 6.07) is 5.40. The molecule has 1 atom stereocenters. The predicted molar refractivity (Wildman–Crippen MR) is 110 cm³/mol. The van der Waals surface area contributed by atoms with Gasteiger partial charge in [-0.1, -0.05) is 0 Å². The van der Waals surface area contributed by atoms with Crippen LogP contribution in [0, 0.1) is 0 Å². The Morgan fingerprint density at radius 2 is 2.16 bits per heavy atom. The van der Waals surface area contributed by atoms with E-state index in [9.17, 15) is 13.6 Å². The fraction of sp³-hybridized carbons (Fsp3) is 0.381. The molecule has 0 bridgehead atoms. The minimum atomic E-state index is -2.85. The molecule has 2 aromatic heterocycles. The van der Waals surface area contributed by atoms with Gasteiger partial charge >= 0.3 is 6.61 Å². The van der Waals surface area contributed by atoms with E-state index in [0.29, 0.717) is 55.4 Å². The van der Waals surface area contributed by atoms with Crippen molar-refractivity contribution in [3.05, 3.63) is 47.9 Å². The second kappa shape index (κ2) is 8.67. The van der Waals surface area contributed by atoms with Gasteiger partial charge in [-0.25, -0.2) is 9.50 Å². The number of alkyl halides is 2. The number of fused-ring (bicyclic) bond motifs is 2. The van der Waals surface area contributed by atoms with Crippen molar-refractivity contribution in [2.24, 2.45) is 0 Å². The fourth-order valence-electron chi connectivity index (χ4n) is 3.97. The topological polar surface area (TPSA) is 90.2 Å². The van der Waals surface area contributed by atoms with Gasteiger partial charge in [-0.3, -0.25) is 4.79 Å². The lowest BCUT2D eigenvalue weighted by Crippen LogP contribution is -2.36. The van der Waals surface area contributed by atoms with Crippen LogP contribution in [-0.2, 0) is 15.9 Å². The largest absolute Gasteiger partial charge is 0.487 e. The van der Waals surface area contributed by atoms with Gasteiger partial charge in [0, 0.05) is 43.5 Å². The van der Waals surface area contributed by atoms with Gasteiger partial charge in [-0.15, -0.1) is 0 Å². The summed E-state index contributed by atoms with van der Waals surface area (Å²) in [7, 11) is 0. The molecule has 2 aliphatic heterocycles. The van der Waals surface area contributed by atoms with Crippen LogP contribution >= 0.6 is 0 Å². The van der Waals surface area contributed by atoms with Crippen molar-refractivity contribution >= 4 is 22.9 Å². The summed E-state index contributed by atoms with van der Waals surface area (Å²) in [5.74, 6) is 0.259. The van der Waals surface area contributed by atoms with Crippen LogP contribution in [0.3, 0.4) is 0 Å². The molecule has 1 saturated heterocycles. The third-order valence-electron chi connectivity index (χ3n) is 5.45. The molecular formula is C21H21F2N5O4. The Morgan fingerprint density at radius 1 is 1.31 bits per heavy atom. The normalized spacial score (nSPS) is 18.1. The Balaban J connectivity index is 1.44. The number of aromatic nitrogens is 3. The highest BCUT2D eigenvalue weighted by atomic mass is 19.3. The quantitative estimate of drug-likeness (QED) is 0.623. The molecule has 168 valence electrons. The van der Waals surface area contributed by atoms with Gasteiger partial charge in [0.25, 0.3) is 5.91 Å². The molecule has 9 nitrogen and oxygen atoms in total. The van der Waals surface area contributed by atoms with Gasteiger partial charge < -0.3 is 24.4 Å². The molecule has 1 amide bonds. The maximum absolute atomic E-state index is 13.1. The summed E-state index contributed by atoms with van der Waals surface area (Å²) in [5.41, 5.74) is 2.99. The number of hydrogen-bond donors (Lipinski definition) is 1. The minimum absolute atomic E-state index is 0.213. The second-order valence-corrected chi connectivity index (χ2v) is 7.51. The molecule has 3 aromatic rings. The molecule has 0 radical (unpaired) electrons. The zero-order valence-electron chi connectivity index (χ0n) is 17.0. The molecule has 0 saturated carbocycles. The molecule has 0 aliphatic carbocycles. The van der Waals surface area contributed by atoms with Gasteiger partial charge in [0.15, 0.2) is 5.65 Å². The average Bonchev–Trinajstić information content (AvgIpc) is 3.41. The van der Waals surface area contributed by atoms with Gasteiger partial charge in [0.1, 0.15) is 17.4 Å². The minimum Gasteiger partial charge on any atom is -0.487 e. The number of ether oxygens (including phenoxy) is 3. The third kappa shape index (κ3) is 4.08. The lowest BCUT2D eigenvalue weighted by Gasteiger charge is -2.31. The highest BCUT2D eigenvalue weighted by molar-refractivity contribution is 6.09. The number of morpholine rings is 1. The molecular weight excluding hydrogens is 424 g/mol. The number of nitrogens with one attached hydrogen (secondary N) is 1. The first-order chi connectivity index (χ1) is 15.6. The molecule has 1 N–H and O–H groups in total. The highest BCUT2D eigenvalue weighted by Crippen LogP contribution is 2.39. The van der Waals surface area contributed by atoms with E-state index in [1.165, 1.54) is 10.7 Å². The van der Waals surface area contributed by atoms with Crippen molar-refractivity contribution in [3.8, 4) is 5.75 Å². The number of carbonyl (C=O) groups is 1. The Labute approximate surface area is 181 Å². The molecule has 1 unspecified atom stereocenters. The van der Waals surface area contributed by atoms with Crippen LogP contribution in [0.4, 0.5) is 20.2 Å². The standard InChI is InChI=1S/C21H21F2N5O4/c22-21(23)31-12-14-8-13-9-16(17(10-18(13)32-14)27-4-6-30-7-5-27)26-20(29)15-11-25-28-3-1-2-24-19(15)28/h1-3,9-11,14,21H,4-8,12H2,(H,26,29). The zero-order valence-corrected chi connectivity index (χ0v) is 17.0. The molecule has 5 rings (SSSR count). The van der Waals surface area contributed by atoms with Crippen LogP contribution in [0.5, 0.6) is 5.75 Å². The lowest BCUT2D eigenvalue weighted by atomic mass is 10.1. The van der Waals surface area contributed by atoms with E-state index in [-0.39, 0.29) is 12.5 Å². The lowest BCUT2D eigenvalue weighted by molar-refractivity contribution is -0.142. The molecule has 0 spiro atoms.